The first-order valence-electron chi connectivity index (χ1n) is 11.1. The summed E-state index contributed by atoms with van der Waals surface area (Å²) in [4.78, 5) is 7.99. The maximum absolute atomic E-state index is 11.4. The first-order chi connectivity index (χ1) is 16.9. The van der Waals surface area contributed by atoms with Crippen molar-refractivity contribution in [1.29, 1.82) is 5.26 Å². The van der Waals surface area contributed by atoms with Gasteiger partial charge in [-0.05, 0) is 41.8 Å². The van der Waals surface area contributed by atoms with Crippen molar-refractivity contribution < 1.29 is 17.9 Å². The molecule has 190 valence electrons. The van der Waals surface area contributed by atoms with Crippen LogP contribution in [-0.4, -0.2) is 31.2 Å². The van der Waals surface area contributed by atoms with Gasteiger partial charge >= 0.3 is 0 Å². The van der Waals surface area contributed by atoms with Crippen molar-refractivity contribution >= 4 is 33.4 Å². The molecule has 0 amide bonds. The minimum Gasteiger partial charge on any atom is -0.491 e. The SMILES string of the molecule is CCCOc1c(Cl)cc(C(C)(C)c2ccc(OCc3cc(N)nc(NS(C)(=O)=O)n3)cc2)cc1C#N. The van der Waals surface area contributed by atoms with E-state index in [9.17, 15) is 13.7 Å². The highest BCUT2D eigenvalue weighted by atomic mass is 35.5. The Hall–Kier alpha value is -3.55. The molecule has 9 nitrogen and oxygen atoms in total. The summed E-state index contributed by atoms with van der Waals surface area (Å²) in [5.41, 5.74) is 7.98. The van der Waals surface area contributed by atoms with Gasteiger partial charge in [0.05, 0.1) is 29.1 Å². The van der Waals surface area contributed by atoms with Crippen LogP contribution in [-0.2, 0) is 22.0 Å². The van der Waals surface area contributed by atoms with E-state index in [0.717, 1.165) is 23.8 Å². The predicted octanol–water partition coefficient (Wildman–Crippen LogP) is 4.65. The van der Waals surface area contributed by atoms with E-state index in [4.69, 9.17) is 26.8 Å². The van der Waals surface area contributed by atoms with Crippen LogP contribution in [0.25, 0.3) is 0 Å². The Morgan fingerprint density at radius 2 is 1.81 bits per heavy atom. The average Bonchev–Trinajstić information content (AvgIpc) is 2.80. The number of hydrogen-bond donors (Lipinski definition) is 2. The highest BCUT2D eigenvalue weighted by molar-refractivity contribution is 7.91. The third-order valence-corrected chi connectivity index (χ3v) is 6.21. The van der Waals surface area contributed by atoms with E-state index in [1.165, 1.54) is 6.07 Å². The maximum atomic E-state index is 11.4. The van der Waals surface area contributed by atoms with E-state index in [1.807, 2.05) is 57.2 Å². The lowest BCUT2D eigenvalue weighted by molar-refractivity contribution is 0.301. The van der Waals surface area contributed by atoms with Crippen molar-refractivity contribution in [2.45, 2.75) is 39.2 Å². The van der Waals surface area contributed by atoms with E-state index in [0.29, 0.717) is 34.4 Å². The maximum Gasteiger partial charge on any atom is 0.238 e. The van der Waals surface area contributed by atoms with Gasteiger partial charge in [-0.2, -0.15) is 10.2 Å². The molecule has 3 N–H and O–H groups in total. The van der Waals surface area contributed by atoms with Gasteiger partial charge in [-0.3, -0.25) is 4.72 Å². The smallest absolute Gasteiger partial charge is 0.238 e. The van der Waals surface area contributed by atoms with E-state index in [2.05, 4.69) is 20.8 Å². The van der Waals surface area contributed by atoms with Crippen LogP contribution < -0.4 is 19.9 Å². The van der Waals surface area contributed by atoms with Crippen LogP contribution in [0, 0.1) is 11.3 Å². The molecule has 0 aliphatic carbocycles. The summed E-state index contributed by atoms with van der Waals surface area (Å²) < 4.78 is 36.6. The topological polar surface area (TPSA) is 140 Å². The minimum absolute atomic E-state index is 0.0638. The fourth-order valence-electron chi connectivity index (χ4n) is 3.48. The normalized spacial score (nSPS) is 11.6. The molecule has 3 aromatic rings. The number of aromatic nitrogens is 2. The lowest BCUT2D eigenvalue weighted by Gasteiger charge is -2.27. The number of nitrogens with one attached hydrogen (secondary N) is 1. The number of ether oxygens (including phenoxy) is 2. The second-order valence-electron chi connectivity index (χ2n) is 8.72. The molecule has 0 aliphatic rings. The number of benzene rings is 2. The number of anilines is 2. The van der Waals surface area contributed by atoms with Crippen LogP contribution in [0.4, 0.5) is 11.8 Å². The molecule has 0 unspecified atom stereocenters. The van der Waals surface area contributed by atoms with Gasteiger partial charge in [0, 0.05) is 11.5 Å². The second kappa shape index (κ2) is 11.0. The minimum atomic E-state index is -3.54. The summed E-state index contributed by atoms with van der Waals surface area (Å²) in [6.45, 7) is 6.62. The molecule has 0 saturated heterocycles. The van der Waals surface area contributed by atoms with Gasteiger partial charge in [0.1, 0.15) is 24.2 Å². The van der Waals surface area contributed by atoms with Crippen molar-refractivity contribution in [2.24, 2.45) is 0 Å². The van der Waals surface area contributed by atoms with E-state index >= 15 is 0 Å². The van der Waals surface area contributed by atoms with Gasteiger partial charge in [0.2, 0.25) is 16.0 Å². The third-order valence-electron chi connectivity index (χ3n) is 5.37. The number of nitrogens with two attached hydrogens (primary N) is 1. The monoisotopic (exact) mass is 529 g/mol. The molecule has 36 heavy (non-hydrogen) atoms. The fourth-order valence-corrected chi connectivity index (χ4v) is 4.18. The van der Waals surface area contributed by atoms with Gasteiger partial charge in [-0.25, -0.2) is 13.4 Å². The number of sulfonamides is 1. The standard InChI is InChI=1S/C25H28ClN5O4S/c1-5-10-34-23-16(14-27)11-18(12-21(23)26)25(2,3)17-6-8-20(9-7-17)35-15-19-13-22(28)30-24(29-19)31-36(4,32)33/h6-9,11-13H,5,10,15H2,1-4H3,(H3,28,29,30,31). The van der Waals surface area contributed by atoms with E-state index < -0.39 is 15.4 Å². The molecule has 3 rings (SSSR count). The Kier molecular flexibility index (Phi) is 8.28. The molecule has 11 heteroatoms. The molecular weight excluding hydrogens is 502 g/mol. The number of halogens is 1. The molecule has 2 aromatic carbocycles. The zero-order valence-corrected chi connectivity index (χ0v) is 22.1. The zero-order chi connectivity index (χ0) is 26.5. The molecule has 0 aliphatic heterocycles. The number of nitriles is 1. The van der Waals surface area contributed by atoms with Crippen LogP contribution in [0.2, 0.25) is 5.02 Å². The highest BCUT2D eigenvalue weighted by Gasteiger charge is 2.26. The summed E-state index contributed by atoms with van der Waals surface area (Å²) in [5.74, 6) is 0.996. The van der Waals surface area contributed by atoms with Crippen LogP contribution in [0.5, 0.6) is 11.5 Å². The lowest BCUT2D eigenvalue weighted by Crippen LogP contribution is -2.19. The lowest BCUT2D eigenvalue weighted by atomic mass is 9.77. The van der Waals surface area contributed by atoms with Crippen LogP contribution >= 0.6 is 11.6 Å². The van der Waals surface area contributed by atoms with Crippen molar-refractivity contribution in [1.82, 2.24) is 9.97 Å². The first-order valence-corrected chi connectivity index (χ1v) is 13.4. The molecule has 0 saturated carbocycles. The van der Waals surface area contributed by atoms with Crippen LogP contribution in [0.3, 0.4) is 0 Å². The summed E-state index contributed by atoms with van der Waals surface area (Å²) >= 11 is 6.47. The number of rotatable bonds is 10. The largest absolute Gasteiger partial charge is 0.491 e. The summed E-state index contributed by atoms with van der Waals surface area (Å²) in [7, 11) is -3.54. The van der Waals surface area contributed by atoms with Gasteiger partial charge in [-0.15, -0.1) is 0 Å². The molecule has 0 spiro atoms. The van der Waals surface area contributed by atoms with Gasteiger partial charge in [0.25, 0.3) is 0 Å². The summed E-state index contributed by atoms with van der Waals surface area (Å²) in [6, 6.07) is 14.8. The zero-order valence-electron chi connectivity index (χ0n) is 20.5. The molecule has 0 radical (unpaired) electrons. The van der Waals surface area contributed by atoms with Crippen molar-refractivity contribution in [2.75, 3.05) is 23.3 Å². The Morgan fingerprint density at radius 3 is 2.42 bits per heavy atom. The van der Waals surface area contributed by atoms with Gasteiger partial charge in [-0.1, -0.05) is 44.5 Å². The van der Waals surface area contributed by atoms with E-state index in [1.54, 1.807) is 0 Å². The highest BCUT2D eigenvalue weighted by Crippen LogP contribution is 2.38. The van der Waals surface area contributed by atoms with Gasteiger partial charge in [0.15, 0.2) is 5.75 Å². The Labute approximate surface area is 216 Å². The molecule has 0 fully saturated rings. The Balaban J connectivity index is 1.77. The molecule has 1 heterocycles. The first kappa shape index (κ1) is 27.0. The quantitative estimate of drug-likeness (QED) is 0.386. The average molecular weight is 530 g/mol. The third kappa shape index (κ3) is 6.77. The fraction of sp³-hybridized carbons (Fsp3) is 0.320. The van der Waals surface area contributed by atoms with Crippen LogP contribution in [0.15, 0.2) is 42.5 Å². The number of hydrogen-bond acceptors (Lipinski definition) is 8. The molecule has 1 aromatic heterocycles. The Morgan fingerprint density at radius 1 is 1.11 bits per heavy atom. The van der Waals surface area contributed by atoms with Crippen molar-refractivity contribution in [3.05, 3.63) is 69.9 Å². The van der Waals surface area contributed by atoms with Crippen molar-refractivity contribution in [3.8, 4) is 17.6 Å². The van der Waals surface area contributed by atoms with Gasteiger partial charge < -0.3 is 15.2 Å². The number of nitrogen functional groups attached to an aromatic ring is 1. The summed E-state index contributed by atoms with van der Waals surface area (Å²) in [6.07, 6.45) is 1.81. The molecule has 0 atom stereocenters. The molecular formula is C25H28ClN5O4S. The number of nitrogens with zero attached hydrogens (tertiary/aromatic N) is 3. The predicted molar refractivity (Wildman–Crippen MR) is 140 cm³/mol. The van der Waals surface area contributed by atoms with Crippen molar-refractivity contribution in [3.63, 3.8) is 0 Å². The molecule has 0 bridgehead atoms. The van der Waals surface area contributed by atoms with E-state index in [-0.39, 0.29) is 18.4 Å². The Bertz CT molecular complexity index is 1390. The summed E-state index contributed by atoms with van der Waals surface area (Å²) in [5, 5.41) is 10.0. The second-order valence-corrected chi connectivity index (χ2v) is 10.9. The van der Waals surface area contributed by atoms with Crippen LogP contribution in [0.1, 0.15) is 49.6 Å².